The van der Waals surface area contributed by atoms with Crippen LogP contribution in [0.4, 0.5) is 5.69 Å². The lowest BCUT2D eigenvalue weighted by atomic mass is 10.1. The predicted molar refractivity (Wildman–Crippen MR) is 158 cm³/mol. The number of rotatable bonds is 13. The first-order chi connectivity index (χ1) is 19.1. The van der Waals surface area contributed by atoms with Crippen LogP contribution in [0.25, 0.3) is 0 Å². The summed E-state index contributed by atoms with van der Waals surface area (Å²) >= 11 is 0. The summed E-state index contributed by atoms with van der Waals surface area (Å²) in [6.45, 7) is 7.11. The van der Waals surface area contributed by atoms with Gasteiger partial charge in [0.2, 0.25) is 11.8 Å². The van der Waals surface area contributed by atoms with Crippen LogP contribution in [-0.2, 0) is 32.6 Å². The van der Waals surface area contributed by atoms with Gasteiger partial charge in [-0.1, -0.05) is 62.4 Å². The number of ether oxygens (including phenoxy) is 1. The van der Waals surface area contributed by atoms with Crippen molar-refractivity contribution in [3.8, 4) is 5.75 Å². The Balaban J connectivity index is 2.04. The number of aryl methyl sites for hydroxylation is 1. The van der Waals surface area contributed by atoms with Crippen molar-refractivity contribution in [2.75, 3.05) is 18.0 Å². The summed E-state index contributed by atoms with van der Waals surface area (Å²) in [5.41, 5.74) is 2.01. The number of carbonyl (C=O) groups excluding carboxylic acids is 2. The maximum Gasteiger partial charge on any atom is 0.264 e. The average molecular weight is 566 g/mol. The van der Waals surface area contributed by atoms with Crippen LogP contribution < -0.4 is 14.4 Å². The lowest BCUT2D eigenvalue weighted by Crippen LogP contribution is -2.52. The lowest BCUT2D eigenvalue weighted by molar-refractivity contribution is -0.139. The molecule has 2 amide bonds. The molecular formula is C31H39N3O5S. The van der Waals surface area contributed by atoms with Gasteiger partial charge in [-0.05, 0) is 68.1 Å². The Kier molecular flexibility index (Phi) is 10.7. The highest BCUT2D eigenvalue weighted by atomic mass is 32.2. The number of hydrogen-bond acceptors (Lipinski definition) is 5. The van der Waals surface area contributed by atoms with Crippen LogP contribution in [0.1, 0.15) is 45.2 Å². The van der Waals surface area contributed by atoms with Crippen LogP contribution in [0, 0.1) is 0 Å². The number of hydrogen-bond donors (Lipinski definition) is 1. The van der Waals surface area contributed by atoms with E-state index in [1.807, 2.05) is 45.0 Å². The molecule has 8 nitrogen and oxygen atoms in total. The molecule has 0 aliphatic rings. The summed E-state index contributed by atoms with van der Waals surface area (Å²) in [5.74, 6) is -0.129. The fraction of sp³-hybridized carbons (Fsp3) is 0.355. The van der Waals surface area contributed by atoms with Crippen molar-refractivity contribution in [1.29, 1.82) is 0 Å². The Hall–Kier alpha value is -3.85. The minimum Gasteiger partial charge on any atom is -0.497 e. The van der Waals surface area contributed by atoms with E-state index >= 15 is 0 Å². The Morgan fingerprint density at radius 2 is 1.52 bits per heavy atom. The Morgan fingerprint density at radius 3 is 2.12 bits per heavy atom. The minimum atomic E-state index is -4.10. The Labute approximate surface area is 238 Å². The molecule has 0 radical (unpaired) electrons. The second kappa shape index (κ2) is 14.0. The molecule has 0 aliphatic heterocycles. The summed E-state index contributed by atoms with van der Waals surface area (Å²) in [4.78, 5) is 28.7. The standard InChI is InChI=1S/C31H39N3O5S/c1-6-23(3)32-31(36)24(4)33(21-25-17-19-27(39-5)20-18-25)30(35)22-34(29-16-12-11-13-26(29)7-2)40(37,38)28-14-9-8-10-15-28/h8-20,23-24H,6-7,21-22H2,1-5H3,(H,32,36)/t23-,24-/m1/s1. The Morgan fingerprint density at radius 1 is 0.900 bits per heavy atom. The van der Waals surface area contributed by atoms with Gasteiger partial charge in [-0.15, -0.1) is 0 Å². The molecule has 0 fully saturated rings. The van der Waals surface area contributed by atoms with E-state index in [9.17, 15) is 18.0 Å². The van der Waals surface area contributed by atoms with Crippen LogP contribution in [0.3, 0.4) is 0 Å². The molecule has 9 heteroatoms. The largest absolute Gasteiger partial charge is 0.497 e. The second-order valence-corrected chi connectivity index (χ2v) is 11.5. The summed E-state index contributed by atoms with van der Waals surface area (Å²) < 4.78 is 34.3. The smallest absolute Gasteiger partial charge is 0.264 e. The van der Waals surface area contributed by atoms with E-state index < -0.39 is 28.5 Å². The second-order valence-electron chi connectivity index (χ2n) is 9.67. The van der Waals surface area contributed by atoms with Gasteiger partial charge in [0.05, 0.1) is 17.7 Å². The highest BCUT2D eigenvalue weighted by molar-refractivity contribution is 7.92. The number of nitrogens with zero attached hydrogens (tertiary/aromatic N) is 2. The number of benzene rings is 3. The topological polar surface area (TPSA) is 96.0 Å². The van der Waals surface area contributed by atoms with Crippen molar-refractivity contribution < 1.29 is 22.7 Å². The number of carbonyl (C=O) groups is 2. The first-order valence-electron chi connectivity index (χ1n) is 13.5. The van der Waals surface area contributed by atoms with Crippen LogP contribution in [0.2, 0.25) is 0 Å². The zero-order valence-corrected chi connectivity index (χ0v) is 24.6. The summed E-state index contributed by atoms with van der Waals surface area (Å²) in [7, 11) is -2.53. The summed E-state index contributed by atoms with van der Waals surface area (Å²) in [6, 6.07) is 21.5. The average Bonchev–Trinajstić information content (AvgIpc) is 2.98. The number of anilines is 1. The lowest BCUT2D eigenvalue weighted by Gasteiger charge is -2.33. The molecule has 0 heterocycles. The van der Waals surface area contributed by atoms with E-state index in [1.54, 1.807) is 56.5 Å². The van der Waals surface area contributed by atoms with E-state index in [0.29, 0.717) is 17.9 Å². The van der Waals surface area contributed by atoms with E-state index in [1.165, 1.54) is 17.0 Å². The monoisotopic (exact) mass is 565 g/mol. The minimum absolute atomic E-state index is 0.0701. The van der Waals surface area contributed by atoms with Crippen LogP contribution in [-0.4, -0.2) is 50.9 Å². The summed E-state index contributed by atoms with van der Waals surface area (Å²) in [6.07, 6.45) is 1.32. The van der Waals surface area contributed by atoms with Gasteiger partial charge in [0, 0.05) is 12.6 Å². The van der Waals surface area contributed by atoms with Crippen molar-refractivity contribution in [3.05, 3.63) is 90.0 Å². The molecule has 3 aromatic rings. The molecule has 0 unspecified atom stereocenters. The third-order valence-electron chi connectivity index (χ3n) is 6.93. The van der Waals surface area contributed by atoms with Gasteiger partial charge in [-0.2, -0.15) is 0 Å². The van der Waals surface area contributed by atoms with Crippen molar-refractivity contribution in [2.45, 2.75) is 64.1 Å². The molecule has 0 bridgehead atoms. The quantitative estimate of drug-likeness (QED) is 0.322. The predicted octanol–water partition coefficient (Wildman–Crippen LogP) is 4.78. The molecule has 0 spiro atoms. The van der Waals surface area contributed by atoms with Crippen molar-refractivity contribution in [2.24, 2.45) is 0 Å². The molecule has 3 aromatic carbocycles. The van der Waals surface area contributed by atoms with Gasteiger partial charge in [0.15, 0.2) is 0 Å². The maximum atomic E-state index is 14.0. The Bertz CT molecular complexity index is 1380. The molecule has 0 saturated carbocycles. The zero-order valence-electron chi connectivity index (χ0n) is 23.8. The third-order valence-corrected chi connectivity index (χ3v) is 8.71. The maximum absolute atomic E-state index is 14.0. The SMILES string of the molecule is CCc1ccccc1N(CC(=O)N(Cc1ccc(OC)cc1)[C@H](C)C(=O)N[C@H](C)CC)S(=O)(=O)c1ccccc1. The van der Waals surface area contributed by atoms with E-state index in [0.717, 1.165) is 21.9 Å². The number of nitrogens with one attached hydrogen (secondary N) is 1. The van der Waals surface area contributed by atoms with Gasteiger partial charge in [-0.3, -0.25) is 13.9 Å². The normalized spacial score (nSPS) is 12.7. The van der Waals surface area contributed by atoms with Gasteiger partial charge in [0.25, 0.3) is 10.0 Å². The molecule has 0 aliphatic carbocycles. The molecule has 3 rings (SSSR count). The van der Waals surface area contributed by atoms with E-state index in [-0.39, 0.29) is 23.4 Å². The van der Waals surface area contributed by atoms with Crippen molar-refractivity contribution in [3.63, 3.8) is 0 Å². The molecule has 2 atom stereocenters. The van der Waals surface area contributed by atoms with Crippen molar-refractivity contribution in [1.82, 2.24) is 10.2 Å². The molecule has 40 heavy (non-hydrogen) atoms. The van der Waals surface area contributed by atoms with Gasteiger partial charge in [0.1, 0.15) is 18.3 Å². The van der Waals surface area contributed by atoms with Gasteiger partial charge >= 0.3 is 0 Å². The molecule has 0 saturated heterocycles. The van der Waals surface area contributed by atoms with E-state index in [2.05, 4.69) is 5.32 Å². The molecule has 214 valence electrons. The fourth-order valence-corrected chi connectivity index (χ4v) is 5.73. The molecule has 0 aromatic heterocycles. The third kappa shape index (κ3) is 7.41. The molecule has 1 N–H and O–H groups in total. The van der Waals surface area contributed by atoms with Crippen LogP contribution >= 0.6 is 0 Å². The zero-order chi connectivity index (χ0) is 29.3. The van der Waals surface area contributed by atoms with Gasteiger partial charge in [-0.25, -0.2) is 8.42 Å². The van der Waals surface area contributed by atoms with E-state index in [4.69, 9.17) is 4.74 Å². The first kappa shape index (κ1) is 30.7. The number of methoxy groups -OCH3 is 1. The number of sulfonamides is 1. The van der Waals surface area contributed by atoms with Gasteiger partial charge < -0.3 is 15.0 Å². The van der Waals surface area contributed by atoms with Crippen molar-refractivity contribution >= 4 is 27.5 Å². The first-order valence-corrected chi connectivity index (χ1v) is 14.9. The van der Waals surface area contributed by atoms with Crippen LogP contribution in [0.15, 0.2) is 83.8 Å². The fourth-order valence-electron chi connectivity index (χ4n) is 4.26. The number of amides is 2. The highest BCUT2D eigenvalue weighted by Gasteiger charge is 2.33. The van der Waals surface area contributed by atoms with Crippen LogP contribution in [0.5, 0.6) is 5.75 Å². The number of para-hydroxylation sites is 1. The highest BCUT2D eigenvalue weighted by Crippen LogP contribution is 2.28. The molecular weight excluding hydrogens is 526 g/mol. The summed E-state index contributed by atoms with van der Waals surface area (Å²) in [5, 5.41) is 2.94.